The molecule has 128 valence electrons. The number of aryl methyl sites for hydroxylation is 2. The molecule has 1 unspecified atom stereocenters. The van der Waals surface area contributed by atoms with Crippen molar-refractivity contribution < 1.29 is 17.9 Å². The van der Waals surface area contributed by atoms with Crippen LogP contribution in [0.3, 0.4) is 0 Å². The number of halogens is 1. The summed E-state index contributed by atoms with van der Waals surface area (Å²) in [4.78, 5) is 0.0312. The van der Waals surface area contributed by atoms with Crippen LogP contribution in [0.25, 0.3) is 0 Å². The third kappa shape index (κ3) is 3.50. The summed E-state index contributed by atoms with van der Waals surface area (Å²) >= 11 is 0. The minimum absolute atomic E-state index is 0.0312. The lowest BCUT2D eigenvalue weighted by atomic mass is 9.80. The molecule has 1 atom stereocenters. The third-order valence-electron chi connectivity index (χ3n) is 4.52. The van der Waals surface area contributed by atoms with E-state index in [0.717, 1.165) is 11.6 Å². The van der Waals surface area contributed by atoms with Crippen LogP contribution in [0.15, 0.2) is 47.4 Å². The largest absolute Gasteiger partial charge is 0.388 e. The Morgan fingerprint density at radius 3 is 2.62 bits per heavy atom. The van der Waals surface area contributed by atoms with E-state index in [1.165, 1.54) is 17.7 Å². The van der Waals surface area contributed by atoms with Gasteiger partial charge in [-0.25, -0.2) is 17.5 Å². The van der Waals surface area contributed by atoms with Crippen LogP contribution in [0, 0.1) is 12.7 Å². The summed E-state index contributed by atoms with van der Waals surface area (Å²) in [5.74, 6) is -0.478. The predicted molar refractivity (Wildman–Crippen MR) is 89.7 cm³/mol. The van der Waals surface area contributed by atoms with Gasteiger partial charge in [0.05, 0.1) is 10.5 Å². The number of rotatable bonds is 4. The molecule has 0 aliphatic heterocycles. The predicted octanol–water partition coefficient (Wildman–Crippen LogP) is 2.33. The third-order valence-corrected chi connectivity index (χ3v) is 6.08. The van der Waals surface area contributed by atoms with Gasteiger partial charge in [-0.05, 0) is 54.7 Å². The zero-order valence-electron chi connectivity index (χ0n) is 13.4. The summed E-state index contributed by atoms with van der Waals surface area (Å²) in [6, 6.07) is 11.4. The normalized spacial score (nSPS) is 20.6. The summed E-state index contributed by atoms with van der Waals surface area (Å²) in [5, 5.41) is 10.8. The van der Waals surface area contributed by atoms with Crippen molar-refractivity contribution in [1.82, 2.24) is 4.72 Å². The molecular weight excluding hydrogens is 329 g/mol. The maximum Gasteiger partial charge on any atom is 0.240 e. The average molecular weight is 349 g/mol. The lowest BCUT2D eigenvalue weighted by molar-refractivity contribution is 0.0317. The number of sulfonamides is 1. The van der Waals surface area contributed by atoms with E-state index < -0.39 is 21.4 Å². The fourth-order valence-electron chi connectivity index (χ4n) is 3.16. The molecule has 0 fully saturated rings. The molecule has 0 bridgehead atoms. The van der Waals surface area contributed by atoms with Gasteiger partial charge in [0.2, 0.25) is 10.0 Å². The fraction of sp³-hybridized carbons (Fsp3) is 0.333. The van der Waals surface area contributed by atoms with E-state index in [1.54, 1.807) is 6.92 Å². The van der Waals surface area contributed by atoms with Crippen molar-refractivity contribution in [3.05, 3.63) is 65.0 Å². The Balaban J connectivity index is 1.75. The van der Waals surface area contributed by atoms with Crippen LogP contribution < -0.4 is 4.72 Å². The molecule has 0 radical (unpaired) electrons. The average Bonchev–Trinajstić information content (AvgIpc) is 2.53. The van der Waals surface area contributed by atoms with Crippen LogP contribution >= 0.6 is 0 Å². The van der Waals surface area contributed by atoms with E-state index in [2.05, 4.69) is 4.72 Å². The smallest absolute Gasteiger partial charge is 0.240 e. The fourth-order valence-corrected chi connectivity index (χ4v) is 4.50. The van der Waals surface area contributed by atoms with E-state index in [9.17, 15) is 17.9 Å². The second kappa shape index (κ2) is 6.27. The highest BCUT2D eigenvalue weighted by atomic mass is 32.2. The summed E-state index contributed by atoms with van der Waals surface area (Å²) in [7, 11) is -3.80. The number of hydrogen-bond donors (Lipinski definition) is 2. The van der Waals surface area contributed by atoms with Crippen molar-refractivity contribution in [2.45, 2.75) is 36.7 Å². The van der Waals surface area contributed by atoms with Crippen molar-refractivity contribution in [2.24, 2.45) is 0 Å². The Labute approximate surface area is 141 Å². The lowest BCUT2D eigenvalue weighted by Gasteiger charge is -2.33. The minimum Gasteiger partial charge on any atom is -0.388 e. The molecule has 0 saturated heterocycles. The number of aliphatic hydroxyl groups is 1. The summed E-state index contributed by atoms with van der Waals surface area (Å²) in [6.07, 6.45) is 1.62. The van der Waals surface area contributed by atoms with Crippen molar-refractivity contribution >= 4 is 10.0 Å². The SMILES string of the molecule is Cc1cc(F)ccc1S(=O)(=O)NCC1(O)CCc2ccccc2C1. The van der Waals surface area contributed by atoms with E-state index in [1.807, 2.05) is 24.3 Å². The topological polar surface area (TPSA) is 66.4 Å². The van der Waals surface area contributed by atoms with E-state index in [-0.39, 0.29) is 11.4 Å². The number of nitrogens with one attached hydrogen (secondary N) is 1. The highest BCUT2D eigenvalue weighted by molar-refractivity contribution is 7.89. The zero-order valence-corrected chi connectivity index (χ0v) is 14.2. The summed E-state index contributed by atoms with van der Waals surface area (Å²) in [5.41, 5.74) is 1.46. The van der Waals surface area contributed by atoms with Gasteiger partial charge >= 0.3 is 0 Å². The molecule has 1 aliphatic carbocycles. The molecule has 0 saturated carbocycles. The summed E-state index contributed by atoms with van der Waals surface area (Å²) < 4.78 is 40.5. The first kappa shape index (κ1) is 17.1. The molecular formula is C18H20FNO3S. The molecule has 24 heavy (non-hydrogen) atoms. The second-order valence-electron chi connectivity index (χ2n) is 6.40. The van der Waals surface area contributed by atoms with E-state index >= 15 is 0 Å². The van der Waals surface area contributed by atoms with Crippen LogP contribution in [0.2, 0.25) is 0 Å². The van der Waals surface area contributed by atoms with Crippen molar-refractivity contribution in [1.29, 1.82) is 0 Å². The van der Waals surface area contributed by atoms with Gasteiger partial charge in [-0.3, -0.25) is 0 Å². The summed E-state index contributed by atoms with van der Waals surface area (Å²) in [6.45, 7) is 1.48. The van der Waals surface area contributed by atoms with Gasteiger partial charge in [-0.2, -0.15) is 0 Å². The van der Waals surface area contributed by atoms with Crippen LogP contribution in [0.5, 0.6) is 0 Å². The van der Waals surface area contributed by atoms with Crippen LogP contribution in [0.4, 0.5) is 4.39 Å². The molecule has 0 aromatic heterocycles. The number of hydrogen-bond acceptors (Lipinski definition) is 3. The molecule has 2 aromatic rings. The Kier molecular flexibility index (Phi) is 4.46. The first-order chi connectivity index (χ1) is 11.3. The van der Waals surface area contributed by atoms with Crippen LogP contribution in [0.1, 0.15) is 23.1 Å². The van der Waals surface area contributed by atoms with Gasteiger partial charge in [0.15, 0.2) is 0 Å². The zero-order chi connectivity index (χ0) is 17.4. The maximum atomic E-state index is 13.2. The van der Waals surface area contributed by atoms with E-state index in [4.69, 9.17) is 0 Å². The first-order valence-electron chi connectivity index (χ1n) is 7.84. The molecule has 4 nitrogen and oxygen atoms in total. The van der Waals surface area contributed by atoms with E-state index in [0.29, 0.717) is 24.8 Å². The molecule has 2 N–H and O–H groups in total. The van der Waals surface area contributed by atoms with Crippen molar-refractivity contribution in [3.63, 3.8) is 0 Å². The second-order valence-corrected chi connectivity index (χ2v) is 8.14. The van der Waals surface area contributed by atoms with Gasteiger partial charge in [0.25, 0.3) is 0 Å². The number of benzene rings is 2. The first-order valence-corrected chi connectivity index (χ1v) is 9.32. The minimum atomic E-state index is -3.80. The lowest BCUT2D eigenvalue weighted by Crippen LogP contribution is -2.46. The van der Waals surface area contributed by atoms with Gasteiger partial charge in [0, 0.05) is 13.0 Å². The maximum absolute atomic E-state index is 13.2. The Morgan fingerprint density at radius 1 is 1.21 bits per heavy atom. The van der Waals surface area contributed by atoms with Gasteiger partial charge < -0.3 is 5.11 Å². The quantitative estimate of drug-likeness (QED) is 0.890. The Bertz CT molecular complexity index is 866. The monoisotopic (exact) mass is 349 g/mol. The highest BCUT2D eigenvalue weighted by Gasteiger charge is 2.33. The van der Waals surface area contributed by atoms with Gasteiger partial charge in [-0.15, -0.1) is 0 Å². The molecule has 0 spiro atoms. The van der Waals surface area contributed by atoms with Gasteiger partial charge in [-0.1, -0.05) is 24.3 Å². The van der Waals surface area contributed by atoms with Crippen LogP contribution in [-0.2, 0) is 22.9 Å². The Morgan fingerprint density at radius 2 is 1.92 bits per heavy atom. The van der Waals surface area contributed by atoms with Gasteiger partial charge in [0.1, 0.15) is 5.82 Å². The molecule has 3 rings (SSSR count). The molecule has 0 heterocycles. The van der Waals surface area contributed by atoms with Crippen molar-refractivity contribution in [2.75, 3.05) is 6.54 Å². The molecule has 6 heteroatoms. The van der Waals surface area contributed by atoms with Crippen molar-refractivity contribution in [3.8, 4) is 0 Å². The standard InChI is InChI=1S/C18H20FNO3S/c1-13-10-16(19)6-7-17(13)24(22,23)20-12-18(21)9-8-14-4-2-3-5-15(14)11-18/h2-7,10,20-21H,8-9,11-12H2,1H3. The molecule has 2 aromatic carbocycles. The molecule has 1 aliphatic rings. The molecule has 0 amide bonds. The Hall–Kier alpha value is -1.76. The highest BCUT2D eigenvalue weighted by Crippen LogP contribution is 2.28. The van der Waals surface area contributed by atoms with Crippen LogP contribution in [-0.4, -0.2) is 25.7 Å². The number of fused-ring (bicyclic) bond motifs is 1.